The molecule has 150 valence electrons. The van der Waals surface area contributed by atoms with Gasteiger partial charge >= 0.3 is 0 Å². The molecule has 0 N–H and O–H groups in total. The number of aromatic nitrogens is 3. The van der Waals surface area contributed by atoms with E-state index in [0.29, 0.717) is 0 Å². The van der Waals surface area contributed by atoms with E-state index in [1.165, 1.54) is 35.5 Å². The van der Waals surface area contributed by atoms with E-state index in [2.05, 4.69) is 42.2 Å². The van der Waals surface area contributed by atoms with Crippen LogP contribution in [0.15, 0.2) is 30.3 Å². The molecule has 0 radical (unpaired) electrons. The van der Waals surface area contributed by atoms with E-state index in [-0.39, 0.29) is 5.91 Å². The van der Waals surface area contributed by atoms with E-state index in [1.54, 1.807) is 6.92 Å². The van der Waals surface area contributed by atoms with Gasteiger partial charge in [-0.3, -0.25) is 4.79 Å². The van der Waals surface area contributed by atoms with Gasteiger partial charge in [-0.05, 0) is 38.7 Å². The molecule has 29 heavy (non-hydrogen) atoms. The Bertz CT molecular complexity index is 1080. The van der Waals surface area contributed by atoms with Crippen molar-refractivity contribution < 1.29 is 4.79 Å². The van der Waals surface area contributed by atoms with Crippen LogP contribution in [0.4, 0.5) is 5.82 Å². The lowest BCUT2D eigenvalue weighted by molar-refractivity contribution is -0.129. The van der Waals surface area contributed by atoms with Crippen molar-refractivity contribution in [3.8, 4) is 11.3 Å². The maximum absolute atomic E-state index is 11.8. The lowest BCUT2D eigenvalue weighted by Crippen LogP contribution is -2.49. The highest BCUT2D eigenvalue weighted by Gasteiger charge is 2.27. The number of aryl methyl sites for hydroxylation is 2. The summed E-state index contributed by atoms with van der Waals surface area (Å²) in [5.41, 5.74) is 6.81. The molecule has 1 aliphatic carbocycles. The van der Waals surface area contributed by atoms with Crippen LogP contribution in [0, 0.1) is 6.92 Å². The normalized spacial score (nSPS) is 16.9. The van der Waals surface area contributed by atoms with Crippen molar-refractivity contribution in [3.05, 3.63) is 47.2 Å². The summed E-state index contributed by atoms with van der Waals surface area (Å²) >= 11 is 0. The van der Waals surface area contributed by atoms with Gasteiger partial charge in [0.1, 0.15) is 5.82 Å². The molecule has 0 atom stereocenters. The summed E-state index contributed by atoms with van der Waals surface area (Å²) < 4.78 is 2.05. The first-order chi connectivity index (χ1) is 14.1. The van der Waals surface area contributed by atoms with Crippen molar-refractivity contribution >= 4 is 17.4 Å². The van der Waals surface area contributed by atoms with Crippen molar-refractivity contribution in [2.24, 2.45) is 0 Å². The number of carbonyl (C=O) groups excluding carboxylic acids is 1. The lowest BCUT2D eigenvalue weighted by Gasteiger charge is -2.37. The fourth-order valence-corrected chi connectivity index (χ4v) is 4.63. The van der Waals surface area contributed by atoms with Crippen molar-refractivity contribution in [1.29, 1.82) is 0 Å². The van der Waals surface area contributed by atoms with Gasteiger partial charge in [0, 0.05) is 56.0 Å². The van der Waals surface area contributed by atoms with Gasteiger partial charge in [0.05, 0.1) is 5.69 Å². The summed E-state index contributed by atoms with van der Waals surface area (Å²) in [4.78, 5) is 21.1. The monoisotopic (exact) mass is 389 g/mol. The van der Waals surface area contributed by atoms with Crippen molar-refractivity contribution in [3.63, 3.8) is 0 Å². The van der Waals surface area contributed by atoms with Gasteiger partial charge in [0.15, 0.2) is 5.65 Å². The Hall–Kier alpha value is -2.89. The predicted molar refractivity (Wildman–Crippen MR) is 114 cm³/mol. The summed E-state index contributed by atoms with van der Waals surface area (Å²) in [5, 5.41) is 4.99. The smallest absolute Gasteiger partial charge is 0.219 e. The second kappa shape index (κ2) is 7.17. The minimum Gasteiger partial charge on any atom is -0.353 e. The second-order valence-corrected chi connectivity index (χ2v) is 8.23. The highest BCUT2D eigenvalue weighted by molar-refractivity contribution is 5.74. The predicted octanol–water partition coefficient (Wildman–Crippen LogP) is 3.25. The van der Waals surface area contributed by atoms with Gasteiger partial charge in [0.25, 0.3) is 0 Å². The van der Waals surface area contributed by atoms with Gasteiger partial charge in [-0.1, -0.05) is 23.8 Å². The zero-order valence-electron chi connectivity index (χ0n) is 17.2. The number of carbonyl (C=O) groups is 1. The molecule has 3 heterocycles. The van der Waals surface area contributed by atoms with Gasteiger partial charge in [-0.2, -0.15) is 9.61 Å². The number of nitrogens with zero attached hydrogens (tertiary/aromatic N) is 5. The first kappa shape index (κ1) is 18.2. The maximum atomic E-state index is 11.8. The van der Waals surface area contributed by atoms with Crippen molar-refractivity contribution in [2.45, 2.75) is 39.5 Å². The molecule has 3 aromatic rings. The van der Waals surface area contributed by atoms with E-state index in [1.807, 2.05) is 9.42 Å². The molecule has 6 heteroatoms. The van der Waals surface area contributed by atoms with Crippen molar-refractivity contribution in [1.82, 2.24) is 19.5 Å². The second-order valence-electron chi connectivity index (χ2n) is 8.23. The number of anilines is 1. The number of benzene rings is 1. The van der Waals surface area contributed by atoms with Crippen LogP contribution < -0.4 is 4.90 Å². The largest absolute Gasteiger partial charge is 0.353 e. The Morgan fingerprint density at radius 3 is 2.59 bits per heavy atom. The zero-order chi connectivity index (χ0) is 20.0. The highest BCUT2D eigenvalue weighted by atomic mass is 16.2. The molecule has 0 unspecified atom stereocenters. The maximum Gasteiger partial charge on any atom is 0.219 e. The number of fused-ring (bicyclic) bond motifs is 2. The summed E-state index contributed by atoms with van der Waals surface area (Å²) in [7, 11) is 0. The molecule has 1 fully saturated rings. The zero-order valence-corrected chi connectivity index (χ0v) is 17.2. The third-order valence-electron chi connectivity index (χ3n) is 6.19. The Kier molecular flexibility index (Phi) is 4.49. The molecule has 1 aromatic carbocycles. The minimum absolute atomic E-state index is 0.160. The van der Waals surface area contributed by atoms with Crippen LogP contribution >= 0.6 is 0 Å². The summed E-state index contributed by atoms with van der Waals surface area (Å²) in [6, 6.07) is 10.6. The molecule has 1 aliphatic heterocycles. The molecule has 0 saturated carbocycles. The fraction of sp³-hybridized carbons (Fsp3) is 0.435. The lowest BCUT2D eigenvalue weighted by atomic mass is 9.96. The number of amides is 1. The van der Waals surface area contributed by atoms with E-state index in [9.17, 15) is 4.79 Å². The van der Waals surface area contributed by atoms with Crippen LogP contribution in [0.25, 0.3) is 16.9 Å². The number of rotatable bonds is 2. The average Bonchev–Trinajstić information content (AvgIpc) is 3.15. The average molecular weight is 390 g/mol. The molecule has 5 rings (SSSR count). The number of hydrogen-bond donors (Lipinski definition) is 0. The van der Waals surface area contributed by atoms with Gasteiger partial charge in [-0.25, -0.2) is 4.98 Å². The van der Waals surface area contributed by atoms with Gasteiger partial charge in [0.2, 0.25) is 5.91 Å². The van der Waals surface area contributed by atoms with E-state index >= 15 is 0 Å². The molecule has 2 aromatic heterocycles. The molecule has 2 aliphatic rings. The molecular weight excluding hydrogens is 362 g/mol. The third kappa shape index (κ3) is 3.26. The summed E-state index contributed by atoms with van der Waals surface area (Å²) in [5.74, 6) is 1.35. The number of hydrogen-bond acceptors (Lipinski definition) is 4. The van der Waals surface area contributed by atoms with E-state index in [4.69, 9.17) is 10.1 Å². The quantitative estimate of drug-likeness (QED) is 0.675. The standard InChI is InChI=1S/C23H27N5O/c1-16-6-5-7-18(14-16)21-15-22-24-20-9-4-3-8-19(20)23(28(22)25-21)27-12-10-26(11-13-27)17(2)29/h5-7,14-15H,3-4,8-13H2,1-2H3. The highest BCUT2D eigenvalue weighted by Crippen LogP contribution is 2.32. The SMILES string of the molecule is CC(=O)N1CCN(c2c3c(nc4cc(-c5cccc(C)c5)nn24)CCCC3)CC1. The minimum atomic E-state index is 0.160. The van der Waals surface area contributed by atoms with Gasteiger partial charge in [-0.15, -0.1) is 0 Å². The van der Waals surface area contributed by atoms with Crippen LogP contribution in [0.2, 0.25) is 0 Å². The number of piperazine rings is 1. The van der Waals surface area contributed by atoms with Crippen LogP contribution in [-0.4, -0.2) is 51.6 Å². The molecular formula is C23H27N5O. The molecule has 6 nitrogen and oxygen atoms in total. The topological polar surface area (TPSA) is 53.7 Å². The van der Waals surface area contributed by atoms with Gasteiger partial charge < -0.3 is 9.80 Å². The molecule has 1 amide bonds. The first-order valence-corrected chi connectivity index (χ1v) is 10.6. The Balaban J connectivity index is 1.62. The molecule has 0 bridgehead atoms. The van der Waals surface area contributed by atoms with Crippen LogP contribution in [-0.2, 0) is 17.6 Å². The Morgan fingerprint density at radius 2 is 1.83 bits per heavy atom. The fourth-order valence-electron chi connectivity index (χ4n) is 4.63. The molecule has 1 saturated heterocycles. The van der Waals surface area contributed by atoms with Crippen LogP contribution in [0.3, 0.4) is 0 Å². The van der Waals surface area contributed by atoms with E-state index < -0.39 is 0 Å². The van der Waals surface area contributed by atoms with Crippen LogP contribution in [0.1, 0.15) is 36.6 Å². The Morgan fingerprint density at radius 1 is 1.03 bits per heavy atom. The van der Waals surface area contributed by atoms with Crippen molar-refractivity contribution in [2.75, 3.05) is 31.1 Å². The molecule has 0 spiro atoms. The van der Waals surface area contributed by atoms with E-state index in [0.717, 1.165) is 55.9 Å². The first-order valence-electron chi connectivity index (χ1n) is 10.6. The van der Waals surface area contributed by atoms with Crippen LogP contribution in [0.5, 0.6) is 0 Å². The summed E-state index contributed by atoms with van der Waals surface area (Å²) in [6.07, 6.45) is 4.50. The summed E-state index contributed by atoms with van der Waals surface area (Å²) in [6.45, 7) is 6.97. The Labute approximate surface area is 171 Å². The third-order valence-corrected chi connectivity index (χ3v) is 6.19.